The third-order valence-corrected chi connectivity index (χ3v) is 3.59. The van der Waals surface area contributed by atoms with Crippen molar-refractivity contribution >= 4 is 17.5 Å². The first-order chi connectivity index (χ1) is 8.77. The monoisotopic (exact) mass is 260 g/mol. The molecule has 1 aliphatic heterocycles. The number of aromatic nitrogens is 1. The Hall–Kier alpha value is -1.58. The number of rotatable bonds is 1. The van der Waals surface area contributed by atoms with Crippen molar-refractivity contribution in [2.24, 2.45) is 0 Å². The molecule has 18 heavy (non-hydrogen) atoms. The van der Waals surface area contributed by atoms with Crippen molar-refractivity contribution in [1.29, 1.82) is 0 Å². The highest BCUT2D eigenvalue weighted by atomic mass is 35.5. The van der Waals surface area contributed by atoms with E-state index < -0.39 is 0 Å². The fourth-order valence-corrected chi connectivity index (χ4v) is 2.55. The lowest BCUT2D eigenvalue weighted by molar-refractivity contribution is 0.0957. The molecule has 0 radical (unpaired) electrons. The Morgan fingerprint density at radius 3 is 2.94 bits per heavy atom. The van der Waals surface area contributed by atoms with Gasteiger partial charge in [0.1, 0.15) is 0 Å². The maximum absolute atomic E-state index is 12.5. The first-order valence-electron chi connectivity index (χ1n) is 5.96. The molecule has 3 nitrogen and oxygen atoms in total. The van der Waals surface area contributed by atoms with Crippen LogP contribution in [0.3, 0.4) is 0 Å². The van der Waals surface area contributed by atoms with Gasteiger partial charge in [-0.1, -0.05) is 23.7 Å². The van der Waals surface area contributed by atoms with E-state index in [0.29, 0.717) is 10.6 Å². The highest BCUT2D eigenvalue weighted by molar-refractivity contribution is 6.33. The zero-order chi connectivity index (χ0) is 12.5. The highest BCUT2D eigenvalue weighted by Gasteiger charge is 2.19. The van der Waals surface area contributed by atoms with Gasteiger partial charge in [-0.15, -0.1) is 0 Å². The topological polar surface area (TPSA) is 34.0 Å². The van der Waals surface area contributed by atoms with Crippen molar-refractivity contribution in [1.82, 2.24) is 9.88 Å². The number of carbonyl (C=O) groups excluding carboxylic acids is 1. The average Bonchev–Trinajstić information content (AvgIpc) is 2.82. The minimum atomic E-state index is -0.0521. The van der Waals surface area contributed by atoms with Gasteiger partial charge >= 0.3 is 0 Å². The Morgan fingerprint density at radius 1 is 1.28 bits per heavy atom. The molecule has 0 saturated heterocycles. The molecule has 1 aromatic heterocycles. The van der Waals surface area contributed by atoms with Crippen LogP contribution in [0.15, 0.2) is 36.5 Å². The maximum atomic E-state index is 12.5. The fraction of sp³-hybridized carbons (Fsp3) is 0.214. The number of nitrogens with one attached hydrogen (secondary N) is 1. The molecule has 92 valence electrons. The molecule has 0 spiro atoms. The summed E-state index contributed by atoms with van der Waals surface area (Å²) in [5.74, 6) is -0.0521. The van der Waals surface area contributed by atoms with Crippen molar-refractivity contribution in [3.05, 3.63) is 58.4 Å². The number of hydrogen-bond acceptors (Lipinski definition) is 2. The number of hydrogen-bond donors (Lipinski definition) is 1. The van der Waals surface area contributed by atoms with Gasteiger partial charge in [0, 0.05) is 31.4 Å². The molecule has 1 aromatic carbocycles. The number of nitrogens with zero attached hydrogens (tertiary/aromatic N) is 1. The van der Waals surface area contributed by atoms with Crippen LogP contribution in [0, 0.1) is 0 Å². The van der Waals surface area contributed by atoms with E-state index in [2.05, 4.69) is 5.32 Å². The first kappa shape index (κ1) is 11.5. The number of carbonyl (C=O) groups is 1. The summed E-state index contributed by atoms with van der Waals surface area (Å²) >= 11 is 6.07. The third kappa shape index (κ3) is 1.85. The molecule has 0 unspecified atom stereocenters. The Bertz CT molecular complexity index is 604. The molecule has 0 saturated carbocycles. The van der Waals surface area contributed by atoms with Gasteiger partial charge in [0.2, 0.25) is 0 Å². The molecule has 0 bridgehead atoms. The summed E-state index contributed by atoms with van der Waals surface area (Å²) in [6, 6.07) is 9.16. The molecule has 1 aliphatic rings. The van der Waals surface area contributed by atoms with Crippen LogP contribution in [-0.2, 0) is 13.0 Å². The van der Waals surface area contributed by atoms with Crippen LogP contribution >= 0.6 is 11.6 Å². The lowest BCUT2D eigenvalue weighted by Crippen LogP contribution is -2.26. The van der Waals surface area contributed by atoms with E-state index in [1.807, 2.05) is 24.4 Å². The summed E-state index contributed by atoms with van der Waals surface area (Å²) in [5, 5.41) is 3.79. The van der Waals surface area contributed by atoms with Crippen LogP contribution in [0.4, 0.5) is 0 Å². The summed E-state index contributed by atoms with van der Waals surface area (Å²) < 4.78 is 1.72. The summed E-state index contributed by atoms with van der Waals surface area (Å²) in [6.45, 7) is 1.74. The normalized spacial score (nSPS) is 14.3. The van der Waals surface area contributed by atoms with Crippen molar-refractivity contribution in [2.75, 3.05) is 6.54 Å². The molecule has 0 aliphatic carbocycles. The molecule has 1 N–H and O–H groups in total. The number of benzene rings is 1. The smallest absolute Gasteiger partial charge is 0.263 e. The molecule has 4 heteroatoms. The standard InChI is InChI=1S/C14H13ClN2O/c15-12-4-2-1-3-11(12)14(18)17-8-6-10-9-16-7-5-13(10)17/h1-4,6,8,16H,5,7,9H2. The minimum Gasteiger partial charge on any atom is -0.312 e. The lowest BCUT2D eigenvalue weighted by atomic mass is 10.1. The van der Waals surface area contributed by atoms with Gasteiger partial charge in [-0.05, 0) is 23.8 Å². The van der Waals surface area contributed by atoms with Gasteiger partial charge in [0.15, 0.2) is 0 Å². The van der Waals surface area contributed by atoms with Crippen LogP contribution in [0.5, 0.6) is 0 Å². The second-order valence-corrected chi connectivity index (χ2v) is 4.78. The maximum Gasteiger partial charge on any atom is 0.263 e. The van der Waals surface area contributed by atoms with Crippen molar-refractivity contribution in [3.63, 3.8) is 0 Å². The quantitative estimate of drug-likeness (QED) is 0.855. The zero-order valence-electron chi connectivity index (χ0n) is 9.82. The van der Waals surface area contributed by atoms with Gasteiger partial charge in [-0.2, -0.15) is 0 Å². The Balaban J connectivity index is 2.03. The van der Waals surface area contributed by atoms with E-state index in [4.69, 9.17) is 11.6 Å². The number of halogens is 1. The van der Waals surface area contributed by atoms with Crippen LogP contribution in [0.25, 0.3) is 0 Å². The first-order valence-corrected chi connectivity index (χ1v) is 6.34. The van der Waals surface area contributed by atoms with Crippen LogP contribution < -0.4 is 5.32 Å². The minimum absolute atomic E-state index is 0.0521. The summed E-state index contributed by atoms with van der Waals surface area (Å²) in [5.41, 5.74) is 2.84. The molecular formula is C14H13ClN2O. The molecule has 3 rings (SSSR count). The van der Waals surface area contributed by atoms with Crippen LogP contribution in [0.1, 0.15) is 21.6 Å². The SMILES string of the molecule is O=C(c1ccccc1Cl)n1ccc2c1CCNC2. The van der Waals surface area contributed by atoms with Gasteiger partial charge in [0.25, 0.3) is 5.91 Å². The van der Waals surface area contributed by atoms with Gasteiger partial charge in [-0.3, -0.25) is 9.36 Å². The van der Waals surface area contributed by atoms with Crippen LogP contribution in [0.2, 0.25) is 5.02 Å². The Morgan fingerprint density at radius 2 is 2.11 bits per heavy atom. The molecule has 0 amide bonds. The zero-order valence-corrected chi connectivity index (χ0v) is 10.6. The Kier molecular flexibility index (Phi) is 2.94. The highest BCUT2D eigenvalue weighted by Crippen LogP contribution is 2.20. The predicted molar refractivity (Wildman–Crippen MR) is 71.0 cm³/mol. The van der Waals surface area contributed by atoms with E-state index in [1.165, 1.54) is 5.56 Å². The van der Waals surface area contributed by atoms with E-state index in [9.17, 15) is 4.79 Å². The van der Waals surface area contributed by atoms with E-state index in [1.54, 1.807) is 16.7 Å². The molecule has 2 aromatic rings. The van der Waals surface area contributed by atoms with Crippen molar-refractivity contribution in [2.45, 2.75) is 13.0 Å². The summed E-state index contributed by atoms with van der Waals surface area (Å²) in [4.78, 5) is 12.5. The van der Waals surface area contributed by atoms with E-state index in [-0.39, 0.29) is 5.91 Å². The second kappa shape index (κ2) is 4.59. The van der Waals surface area contributed by atoms with E-state index >= 15 is 0 Å². The third-order valence-electron chi connectivity index (χ3n) is 3.26. The van der Waals surface area contributed by atoms with E-state index in [0.717, 1.165) is 25.2 Å². The molecule has 2 heterocycles. The van der Waals surface area contributed by atoms with Gasteiger partial charge in [0.05, 0.1) is 10.6 Å². The summed E-state index contributed by atoms with van der Waals surface area (Å²) in [7, 11) is 0. The van der Waals surface area contributed by atoms with Gasteiger partial charge < -0.3 is 5.32 Å². The van der Waals surface area contributed by atoms with Gasteiger partial charge in [-0.25, -0.2) is 0 Å². The average molecular weight is 261 g/mol. The fourth-order valence-electron chi connectivity index (χ4n) is 2.33. The molecular weight excluding hydrogens is 248 g/mol. The molecule has 0 fully saturated rings. The van der Waals surface area contributed by atoms with Crippen molar-refractivity contribution in [3.8, 4) is 0 Å². The Labute approximate surface area is 110 Å². The second-order valence-electron chi connectivity index (χ2n) is 4.37. The summed E-state index contributed by atoms with van der Waals surface area (Å²) in [6.07, 6.45) is 2.71. The van der Waals surface area contributed by atoms with Crippen molar-refractivity contribution < 1.29 is 4.79 Å². The molecule has 0 atom stereocenters. The lowest BCUT2D eigenvalue weighted by Gasteiger charge is -2.16. The predicted octanol–water partition coefficient (Wildman–Crippen LogP) is 2.48. The number of fused-ring (bicyclic) bond motifs is 1. The largest absolute Gasteiger partial charge is 0.312 e. The van der Waals surface area contributed by atoms with Crippen LogP contribution in [-0.4, -0.2) is 17.0 Å².